The van der Waals surface area contributed by atoms with Gasteiger partial charge in [-0.15, -0.1) is 0 Å². The molecule has 0 aromatic carbocycles. The van der Waals surface area contributed by atoms with Gasteiger partial charge in [0.15, 0.2) is 0 Å². The van der Waals surface area contributed by atoms with Gasteiger partial charge in [0.1, 0.15) is 13.2 Å². The Morgan fingerprint density at radius 1 is 0.443 bits per heavy atom. The molecule has 0 aliphatic carbocycles. The van der Waals surface area contributed by atoms with E-state index in [1.807, 2.05) is 21.1 Å². The highest BCUT2D eigenvalue weighted by Gasteiger charge is 2.28. The van der Waals surface area contributed by atoms with Crippen LogP contribution in [0.2, 0.25) is 0 Å². The molecule has 8 nitrogen and oxygen atoms in total. The summed E-state index contributed by atoms with van der Waals surface area (Å²) in [6.45, 7) is 4.74. The molecule has 3 unspecified atom stereocenters. The van der Waals surface area contributed by atoms with Crippen molar-refractivity contribution in [2.45, 2.75) is 251 Å². The molecule has 79 heavy (non-hydrogen) atoms. The second-order valence-corrected chi connectivity index (χ2v) is 23.5. The summed E-state index contributed by atoms with van der Waals surface area (Å²) < 4.78 is 23.8. The molecule has 3 atom stereocenters. The monoisotopic (exact) mass is 1120 g/mol. The van der Waals surface area contributed by atoms with Gasteiger partial charge < -0.3 is 19.8 Å². The van der Waals surface area contributed by atoms with Crippen LogP contribution in [0.5, 0.6) is 0 Å². The van der Waals surface area contributed by atoms with Crippen molar-refractivity contribution in [1.29, 1.82) is 0 Å². The minimum Gasteiger partial charge on any atom is -0.391 e. The van der Waals surface area contributed by atoms with Crippen molar-refractivity contribution in [1.82, 2.24) is 5.32 Å². The smallest absolute Gasteiger partial charge is 0.391 e. The topological polar surface area (TPSA) is 105 Å². The van der Waals surface area contributed by atoms with Gasteiger partial charge in [-0.25, -0.2) is 4.57 Å². The number of aliphatic hydroxyl groups is 1. The highest BCUT2D eigenvalue weighted by Crippen LogP contribution is 2.43. The van der Waals surface area contributed by atoms with Crippen LogP contribution < -0.4 is 5.32 Å². The lowest BCUT2D eigenvalue weighted by Crippen LogP contribution is -2.46. The van der Waals surface area contributed by atoms with Crippen LogP contribution >= 0.6 is 7.82 Å². The molecule has 0 saturated heterocycles. The normalized spacial score (nSPS) is 14.8. The van der Waals surface area contributed by atoms with E-state index in [0.29, 0.717) is 30.3 Å². The zero-order valence-electron chi connectivity index (χ0n) is 51.3. The number of hydrogen-bond donors (Lipinski definition) is 3. The van der Waals surface area contributed by atoms with E-state index in [1.165, 1.54) is 96.3 Å². The van der Waals surface area contributed by atoms with Crippen molar-refractivity contribution in [3.63, 3.8) is 0 Å². The number of amides is 1. The lowest BCUT2D eigenvalue weighted by molar-refractivity contribution is -0.870. The first kappa shape index (κ1) is 75.4. The minimum absolute atomic E-state index is 0.0586. The van der Waals surface area contributed by atoms with Crippen LogP contribution in [0.25, 0.3) is 0 Å². The first-order chi connectivity index (χ1) is 38.5. The Kier molecular flexibility index (Phi) is 56.3. The molecule has 0 radical (unpaired) electrons. The van der Waals surface area contributed by atoms with Crippen LogP contribution in [0.15, 0.2) is 146 Å². The molecule has 0 aliphatic rings. The number of carbonyl (C=O) groups is 1. The van der Waals surface area contributed by atoms with Crippen molar-refractivity contribution < 1.29 is 32.9 Å². The molecule has 0 rings (SSSR count). The second-order valence-electron chi connectivity index (χ2n) is 22.1. The van der Waals surface area contributed by atoms with Gasteiger partial charge in [0, 0.05) is 6.42 Å². The molecule has 0 saturated carbocycles. The average Bonchev–Trinajstić information content (AvgIpc) is 3.42. The molecule has 1 amide bonds. The summed E-state index contributed by atoms with van der Waals surface area (Å²) in [6.07, 6.45) is 90.6. The first-order valence-corrected chi connectivity index (χ1v) is 33.2. The molecule has 0 spiro atoms. The Labute approximate surface area is 487 Å². The van der Waals surface area contributed by atoms with Crippen LogP contribution in [-0.4, -0.2) is 73.4 Å². The Morgan fingerprint density at radius 3 is 1.09 bits per heavy atom. The van der Waals surface area contributed by atoms with E-state index in [1.54, 1.807) is 0 Å². The van der Waals surface area contributed by atoms with E-state index in [-0.39, 0.29) is 19.1 Å². The molecule has 3 N–H and O–H groups in total. The molecule has 0 aromatic rings. The van der Waals surface area contributed by atoms with Crippen LogP contribution in [0.3, 0.4) is 0 Å². The SMILES string of the molecule is CC/C=C\C/C=C\C/C=C\C/C=C\C/C=C\C/C=C\C/C=C\C/C=C\C/C=C\C/C=C\C/C=C\C/C=C\CCCCC(=O)NC(COP(=O)(O)OCC[N+](C)(C)C)C(O)CCCCCCCCCCCCCCCCCCCC. The molecule has 9 heteroatoms. The van der Waals surface area contributed by atoms with Gasteiger partial charge in [-0.1, -0.05) is 275 Å². The van der Waals surface area contributed by atoms with E-state index in [0.717, 1.165) is 109 Å². The number of nitrogens with zero attached hydrogens (tertiary/aromatic N) is 1. The van der Waals surface area contributed by atoms with Gasteiger partial charge in [-0.3, -0.25) is 13.8 Å². The van der Waals surface area contributed by atoms with E-state index in [2.05, 4.69) is 165 Å². The van der Waals surface area contributed by atoms with Crippen molar-refractivity contribution in [2.75, 3.05) is 40.9 Å². The summed E-state index contributed by atoms with van der Waals surface area (Å²) in [7, 11) is 1.57. The quantitative estimate of drug-likeness (QED) is 0.0243. The lowest BCUT2D eigenvalue weighted by Gasteiger charge is -2.26. The lowest BCUT2D eigenvalue weighted by atomic mass is 10.0. The van der Waals surface area contributed by atoms with E-state index in [4.69, 9.17) is 9.05 Å². The summed E-state index contributed by atoms with van der Waals surface area (Å²) in [6, 6.07) is -0.795. The van der Waals surface area contributed by atoms with Gasteiger partial charge in [-0.05, 0) is 103 Å². The molecule has 0 aliphatic heterocycles. The number of quaternary nitrogens is 1. The third kappa shape index (κ3) is 61.8. The number of phosphoric acid groups is 1. The number of rotatable bonds is 56. The maximum Gasteiger partial charge on any atom is 0.472 e. The molecule has 450 valence electrons. The molecule has 0 aromatic heterocycles. The second kappa shape index (κ2) is 59.0. The number of phosphoric ester groups is 1. The number of carbonyl (C=O) groups excluding carboxylic acids is 1. The fourth-order valence-corrected chi connectivity index (χ4v) is 9.18. The Balaban J connectivity index is 4.24. The van der Waals surface area contributed by atoms with E-state index >= 15 is 0 Å². The third-order valence-electron chi connectivity index (χ3n) is 13.4. The molecular weight excluding hydrogens is 996 g/mol. The van der Waals surface area contributed by atoms with Crippen LogP contribution in [0.4, 0.5) is 0 Å². The fraction of sp³-hybridized carbons (Fsp3) is 0.643. The summed E-state index contributed by atoms with van der Waals surface area (Å²) in [4.78, 5) is 23.4. The van der Waals surface area contributed by atoms with Gasteiger partial charge in [-0.2, -0.15) is 0 Å². The maximum absolute atomic E-state index is 13.0. The van der Waals surface area contributed by atoms with Gasteiger partial charge >= 0.3 is 7.82 Å². The van der Waals surface area contributed by atoms with E-state index in [9.17, 15) is 19.4 Å². The molecular formula is C70H120N2O6P+. The van der Waals surface area contributed by atoms with Crippen LogP contribution in [0, 0.1) is 0 Å². The van der Waals surface area contributed by atoms with Gasteiger partial charge in [0.2, 0.25) is 5.91 Å². The standard InChI is InChI=1S/C70H119N2O6P/c1-6-8-10-12-14-16-18-20-22-24-26-27-28-29-30-31-32-33-34-35-36-37-38-39-40-41-42-43-44-45-46-48-50-52-54-56-58-60-62-64-70(74)71-68(67-78-79(75,76)77-66-65-72(3,4)5)69(73)63-61-59-57-55-53-51-49-47-25-23-21-19-17-15-13-11-9-7-2/h8,10,14,16,20,22,26-27,29-30,32-33,35-36,38-39,41-42,44-45,48,50,54,56,68-69,73H,6-7,9,11-13,15,17-19,21,23-25,28,31,34,37,40,43,46-47,49,51-53,55,57-67H2,1-5H3,(H-,71,74,75,76)/p+1/b10-8-,16-14-,22-20-,27-26-,30-29-,33-32-,36-35-,39-38-,42-41-,45-44-,50-48-,56-54-. The predicted octanol–water partition coefficient (Wildman–Crippen LogP) is 20.0. The highest BCUT2D eigenvalue weighted by atomic mass is 31.2. The van der Waals surface area contributed by atoms with Crippen molar-refractivity contribution in [2.24, 2.45) is 0 Å². The van der Waals surface area contributed by atoms with Gasteiger partial charge in [0.05, 0.1) is 39.9 Å². The summed E-state index contributed by atoms with van der Waals surface area (Å²) in [5, 5.41) is 14.0. The third-order valence-corrected chi connectivity index (χ3v) is 14.3. The summed E-state index contributed by atoms with van der Waals surface area (Å²) >= 11 is 0. The Bertz CT molecular complexity index is 1790. The van der Waals surface area contributed by atoms with Crippen molar-refractivity contribution in [3.05, 3.63) is 146 Å². The van der Waals surface area contributed by atoms with Crippen molar-refractivity contribution >= 4 is 13.7 Å². The molecule has 0 fully saturated rings. The van der Waals surface area contributed by atoms with Crippen molar-refractivity contribution in [3.8, 4) is 0 Å². The van der Waals surface area contributed by atoms with Crippen LogP contribution in [0.1, 0.15) is 239 Å². The fourth-order valence-electron chi connectivity index (χ4n) is 8.44. The predicted molar refractivity (Wildman–Crippen MR) is 345 cm³/mol. The Morgan fingerprint density at radius 2 is 0.759 bits per heavy atom. The number of allylic oxidation sites excluding steroid dienone is 24. The van der Waals surface area contributed by atoms with Crippen LogP contribution in [-0.2, 0) is 18.4 Å². The average molecular weight is 1120 g/mol. The number of likely N-dealkylation sites (N-methyl/N-ethyl adjacent to an activating group) is 1. The summed E-state index contributed by atoms with van der Waals surface area (Å²) in [5.74, 6) is -0.191. The van der Waals surface area contributed by atoms with E-state index < -0.39 is 20.0 Å². The molecule has 0 bridgehead atoms. The molecule has 0 heterocycles. The zero-order valence-corrected chi connectivity index (χ0v) is 52.2. The first-order valence-electron chi connectivity index (χ1n) is 31.7. The number of hydrogen-bond acceptors (Lipinski definition) is 5. The summed E-state index contributed by atoms with van der Waals surface area (Å²) in [5.41, 5.74) is 0. The largest absolute Gasteiger partial charge is 0.472 e. The number of unbranched alkanes of at least 4 members (excludes halogenated alkanes) is 19. The Hall–Kier alpha value is -3.62. The maximum atomic E-state index is 13.0. The minimum atomic E-state index is -4.35. The number of nitrogens with one attached hydrogen (secondary N) is 1. The zero-order chi connectivity index (χ0) is 57.7. The highest BCUT2D eigenvalue weighted by molar-refractivity contribution is 7.47. The van der Waals surface area contributed by atoms with Gasteiger partial charge in [0.25, 0.3) is 0 Å². The number of aliphatic hydroxyl groups excluding tert-OH is 1.